The maximum atomic E-state index is 11.4. The summed E-state index contributed by atoms with van der Waals surface area (Å²) in [5, 5.41) is 0. The maximum absolute atomic E-state index is 11.4. The van der Waals surface area contributed by atoms with Crippen molar-refractivity contribution in [1.82, 2.24) is 4.98 Å². The number of benzene rings is 1. The number of pyridine rings is 1. The van der Waals surface area contributed by atoms with Gasteiger partial charge >= 0.3 is 6.03 Å². The summed E-state index contributed by atoms with van der Waals surface area (Å²) in [4.78, 5) is 16.9. The molecule has 2 rings (SSSR count). The lowest BCUT2D eigenvalue weighted by Crippen LogP contribution is -2.31. The van der Waals surface area contributed by atoms with Crippen LogP contribution in [0, 0.1) is 0 Å². The number of primary amides is 1. The maximum Gasteiger partial charge on any atom is 0.325 e. The van der Waals surface area contributed by atoms with Gasteiger partial charge in [-0.1, -0.05) is 24.3 Å². The van der Waals surface area contributed by atoms with Gasteiger partial charge in [-0.2, -0.15) is 0 Å². The Morgan fingerprint density at radius 3 is 2.31 bits per heavy atom. The standard InChI is InChI=1S/C12H11N3O/c13-12(16)15(10-6-2-1-3-7-10)11-8-4-5-9-14-11/h1-9H,(H2,13,16). The molecule has 0 aliphatic carbocycles. The van der Waals surface area contributed by atoms with E-state index in [0.29, 0.717) is 11.5 Å². The molecule has 0 bridgehead atoms. The van der Waals surface area contributed by atoms with Crippen molar-refractivity contribution >= 4 is 17.5 Å². The van der Waals surface area contributed by atoms with Gasteiger partial charge in [-0.25, -0.2) is 14.7 Å². The van der Waals surface area contributed by atoms with Crippen molar-refractivity contribution in [2.24, 2.45) is 5.73 Å². The molecule has 0 spiro atoms. The summed E-state index contributed by atoms with van der Waals surface area (Å²) >= 11 is 0. The van der Waals surface area contributed by atoms with Gasteiger partial charge in [0, 0.05) is 6.20 Å². The third-order valence-electron chi connectivity index (χ3n) is 2.11. The molecule has 0 aliphatic rings. The first-order valence-corrected chi connectivity index (χ1v) is 4.84. The molecule has 2 aromatic rings. The lowest BCUT2D eigenvalue weighted by atomic mass is 10.3. The highest BCUT2D eigenvalue weighted by Gasteiger charge is 2.14. The third kappa shape index (κ3) is 2.00. The first kappa shape index (κ1) is 10.2. The Hall–Kier alpha value is -2.36. The van der Waals surface area contributed by atoms with Crippen LogP contribution in [-0.4, -0.2) is 11.0 Å². The van der Waals surface area contributed by atoms with Crippen LogP contribution < -0.4 is 10.6 Å². The molecule has 0 unspecified atom stereocenters. The summed E-state index contributed by atoms with van der Waals surface area (Å²) in [7, 11) is 0. The molecule has 4 nitrogen and oxygen atoms in total. The van der Waals surface area contributed by atoms with Gasteiger partial charge in [0.2, 0.25) is 0 Å². The fraction of sp³-hybridized carbons (Fsp3) is 0. The number of hydrogen-bond acceptors (Lipinski definition) is 2. The third-order valence-corrected chi connectivity index (χ3v) is 2.11. The van der Waals surface area contributed by atoms with Gasteiger partial charge in [-0.3, -0.25) is 0 Å². The van der Waals surface area contributed by atoms with Gasteiger partial charge in [0.1, 0.15) is 5.82 Å². The van der Waals surface area contributed by atoms with Crippen LogP contribution in [0.5, 0.6) is 0 Å². The second-order valence-corrected chi connectivity index (χ2v) is 3.20. The zero-order valence-electron chi connectivity index (χ0n) is 8.58. The molecule has 0 fully saturated rings. The average molecular weight is 213 g/mol. The monoisotopic (exact) mass is 213 g/mol. The molecule has 4 heteroatoms. The topological polar surface area (TPSA) is 59.2 Å². The van der Waals surface area contributed by atoms with Gasteiger partial charge in [-0.15, -0.1) is 0 Å². The Balaban J connectivity index is 2.44. The highest BCUT2D eigenvalue weighted by Crippen LogP contribution is 2.21. The van der Waals surface area contributed by atoms with Crippen LogP contribution in [0.2, 0.25) is 0 Å². The predicted octanol–water partition coefficient (Wildman–Crippen LogP) is 2.30. The van der Waals surface area contributed by atoms with Crippen LogP contribution in [0.15, 0.2) is 54.7 Å². The van der Waals surface area contributed by atoms with E-state index in [4.69, 9.17) is 5.73 Å². The lowest BCUT2D eigenvalue weighted by molar-refractivity contribution is 0.256. The van der Waals surface area contributed by atoms with Crippen LogP contribution in [0.25, 0.3) is 0 Å². The number of nitrogens with two attached hydrogens (primary N) is 1. The van der Waals surface area contributed by atoms with Crippen molar-refractivity contribution in [3.63, 3.8) is 0 Å². The lowest BCUT2D eigenvalue weighted by Gasteiger charge is -2.18. The number of nitrogens with zero attached hydrogens (tertiary/aromatic N) is 2. The van der Waals surface area contributed by atoms with Crippen LogP contribution in [0.4, 0.5) is 16.3 Å². The minimum absolute atomic E-state index is 0.515. The number of anilines is 2. The van der Waals surface area contributed by atoms with E-state index in [0.717, 1.165) is 0 Å². The van der Waals surface area contributed by atoms with Crippen LogP contribution >= 0.6 is 0 Å². The summed E-state index contributed by atoms with van der Waals surface area (Å²) in [6.07, 6.45) is 1.62. The molecule has 0 atom stereocenters. The summed E-state index contributed by atoms with van der Waals surface area (Å²) in [5.74, 6) is 0.515. The Kier molecular flexibility index (Phi) is 2.82. The fourth-order valence-corrected chi connectivity index (χ4v) is 1.44. The summed E-state index contributed by atoms with van der Waals surface area (Å²) in [5.41, 5.74) is 6.05. The molecule has 16 heavy (non-hydrogen) atoms. The average Bonchev–Trinajstić information content (AvgIpc) is 2.31. The Morgan fingerprint density at radius 2 is 1.75 bits per heavy atom. The molecule has 0 saturated carbocycles. The molecule has 2 N–H and O–H groups in total. The van der Waals surface area contributed by atoms with E-state index in [1.807, 2.05) is 18.2 Å². The molecule has 0 aliphatic heterocycles. The number of para-hydroxylation sites is 1. The Labute approximate surface area is 93.3 Å². The van der Waals surface area contributed by atoms with Gasteiger partial charge in [-0.05, 0) is 24.3 Å². The van der Waals surface area contributed by atoms with E-state index in [1.165, 1.54) is 4.90 Å². The Bertz CT molecular complexity index is 431. The van der Waals surface area contributed by atoms with Crippen molar-refractivity contribution in [2.75, 3.05) is 4.90 Å². The molecule has 80 valence electrons. The quantitative estimate of drug-likeness (QED) is 0.832. The normalized spacial score (nSPS) is 9.75. The number of carbonyl (C=O) groups is 1. The van der Waals surface area contributed by atoms with E-state index < -0.39 is 6.03 Å². The summed E-state index contributed by atoms with van der Waals surface area (Å²) in [6, 6.07) is 13.9. The van der Waals surface area contributed by atoms with Crippen LogP contribution in [0.1, 0.15) is 0 Å². The number of urea groups is 1. The summed E-state index contributed by atoms with van der Waals surface area (Å²) in [6.45, 7) is 0. The molecule has 1 heterocycles. The van der Waals surface area contributed by atoms with Crippen molar-refractivity contribution in [3.8, 4) is 0 Å². The second-order valence-electron chi connectivity index (χ2n) is 3.20. The Morgan fingerprint density at radius 1 is 1.06 bits per heavy atom. The van der Waals surface area contributed by atoms with E-state index in [1.54, 1.807) is 36.5 Å². The minimum atomic E-state index is -0.551. The second kappa shape index (κ2) is 4.44. The van der Waals surface area contributed by atoms with Crippen LogP contribution in [-0.2, 0) is 0 Å². The van der Waals surface area contributed by atoms with Crippen molar-refractivity contribution in [2.45, 2.75) is 0 Å². The van der Waals surface area contributed by atoms with E-state index >= 15 is 0 Å². The summed E-state index contributed by atoms with van der Waals surface area (Å²) < 4.78 is 0. The van der Waals surface area contributed by atoms with Crippen molar-refractivity contribution in [1.29, 1.82) is 0 Å². The van der Waals surface area contributed by atoms with E-state index in [-0.39, 0.29) is 0 Å². The van der Waals surface area contributed by atoms with Gasteiger partial charge in [0.05, 0.1) is 5.69 Å². The molecule has 0 radical (unpaired) electrons. The van der Waals surface area contributed by atoms with Crippen molar-refractivity contribution < 1.29 is 4.79 Å². The molecular formula is C12H11N3O. The largest absolute Gasteiger partial charge is 0.351 e. The first-order chi connectivity index (χ1) is 7.79. The fourth-order valence-electron chi connectivity index (χ4n) is 1.44. The number of aromatic nitrogens is 1. The zero-order valence-corrected chi connectivity index (χ0v) is 8.58. The van der Waals surface area contributed by atoms with Crippen LogP contribution in [0.3, 0.4) is 0 Å². The number of rotatable bonds is 2. The van der Waals surface area contributed by atoms with Gasteiger partial charge in [0.15, 0.2) is 0 Å². The van der Waals surface area contributed by atoms with E-state index in [2.05, 4.69) is 4.98 Å². The first-order valence-electron chi connectivity index (χ1n) is 4.84. The number of carbonyl (C=O) groups excluding carboxylic acids is 1. The number of hydrogen-bond donors (Lipinski definition) is 1. The molecule has 1 aromatic heterocycles. The van der Waals surface area contributed by atoms with Gasteiger partial charge in [0.25, 0.3) is 0 Å². The molecular weight excluding hydrogens is 202 g/mol. The van der Waals surface area contributed by atoms with Crippen molar-refractivity contribution in [3.05, 3.63) is 54.7 Å². The molecule has 1 aromatic carbocycles. The highest BCUT2D eigenvalue weighted by molar-refractivity contribution is 5.97. The highest BCUT2D eigenvalue weighted by atomic mass is 16.2. The zero-order chi connectivity index (χ0) is 11.4. The number of amides is 2. The minimum Gasteiger partial charge on any atom is -0.351 e. The van der Waals surface area contributed by atoms with Gasteiger partial charge < -0.3 is 5.73 Å². The smallest absolute Gasteiger partial charge is 0.325 e. The molecule has 0 saturated heterocycles. The van der Waals surface area contributed by atoms with E-state index in [9.17, 15) is 4.79 Å². The SMILES string of the molecule is NC(=O)N(c1ccccc1)c1ccccn1. The predicted molar refractivity (Wildman–Crippen MR) is 62.4 cm³/mol. The molecule has 2 amide bonds.